The number of carbonyl (C=O) groups is 2. The maximum Gasteiger partial charge on any atom is 0.416 e. The van der Waals surface area contributed by atoms with E-state index in [0.717, 1.165) is 23.4 Å². The molecule has 1 saturated heterocycles. The summed E-state index contributed by atoms with van der Waals surface area (Å²) in [6.07, 6.45) is -2.76. The van der Waals surface area contributed by atoms with Crippen molar-refractivity contribution in [3.63, 3.8) is 0 Å². The highest BCUT2D eigenvalue weighted by Gasteiger charge is 2.57. The minimum Gasteiger partial charge on any atom is -0.329 e. The second-order valence-electron chi connectivity index (χ2n) is 11.7. The lowest BCUT2D eigenvalue weighted by Gasteiger charge is -2.42. The first kappa shape index (κ1) is 26.0. The zero-order chi connectivity index (χ0) is 28.8. The second-order valence-corrected chi connectivity index (χ2v) is 11.7. The Morgan fingerprint density at radius 1 is 1.10 bits per heavy atom. The number of fused-ring (bicyclic) bond motifs is 5. The van der Waals surface area contributed by atoms with Gasteiger partial charge in [-0.05, 0) is 36.6 Å². The molecule has 9 nitrogen and oxygen atoms in total. The van der Waals surface area contributed by atoms with Crippen LogP contribution in [0.3, 0.4) is 0 Å². The third kappa shape index (κ3) is 3.88. The van der Waals surface area contributed by atoms with Gasteiger partial charge in [0.15, 0.2) is 6.20 Å². The van der Waals surface area contributed by atoms with Gasteiger partial charge in [-0.1, -0.05) is 42.5 Å². The van der Waals surface area contributed by atoms with Gasteiger partial charge in [0.05, 0.1) is 17.7 Å². The predicted octanol–water partition coefficient (Wildman–Crippen LogP) is 3.92. The summed E-state index contributed by atoms with van der Waals surface area (Å²) in [5, 5.41) is 11.7. The van der Waals surface area contributed by atoms with E-state index in [2.05, 4.69) is 10.2 Å². The van der Waals surface area contributed by atoms with Gasteiger partial charge in [-0.2, -0.15) is 22.8 Å². The summed E-state index contributed by atoms with van der Waals surface area (Å²) in [4.78, 5) is 30.4. The number of rotatable bonds is 2. The van der Waals surface area contributed by atoms with E-state index in [9.17, 15) is 22.8 Å². The fraction of sp³-hybridized carbons (Fsp3) is 0.393. The van der Waals surface area contributed by atoms with E-state index in [1.165, 1.54) is 12.1 Å². The Morgan fingerprint density at radius 2 is 1.80 bits per heavy atom. The van der Waals surface area contributed by atoms with E-state index in [4.69, 9.17) is 5.10 Å². The number of halogens is 3. The van der Waals surface area contributed by atoms with Crippen LogP contribution in [0.25, 0.3) is 16.9 Å². The standard InChI is InChI=1S/C28H28F3N7O2/c1-16-12-21(33-32-16)24(39)35-10-11-36-25(40)22-14-37-23(38(22)27(36,5)15-35)19(26(2,3)4)13-20(34-37)17-6-8-18(9-7-17)28(29,30)31/h6-9,12-14H,10-11,15H2,1-5H3/p+1. The van der Waals surface area contributed by atoms with Crippen LogP contribution in [0.15, 0.2) is 42.6 Å². The molecule has 4 aromatic rings. The Kier molecular flexibility index (Phi) is 5.46. The molecule has 2 aliphatic rings. The van der Waals surface area contributed by atoms with E-state index in [1.54, 1.807) is 26.6 Å². The molecule has 208 valence electrons. The summed E-state index contributed by atoms with van der Waals surface area (Å²) in [6.45, 7) is 10.9. The van der Waals surface area contributed by atoms with Crippen LogP contribution in [0, 0.1) is 6.92 Å². The summed E-state index contributed by atoms with van der Waals surface area (Å²) >= 11 is 0. The Hall–Kier alpha value is -4.22. The van der Waals surface area contributed by atoms with Crippen molar-refractivity contribution in [1.82, 2.24) is 29.6 Å². The molecule has 1 unspecified atom stereocenters. The van der Waals surface area contributed by atoms with Crippen molar-refractivity contribution < 1.29 is 27.3 Å². The number of aryl methyl sites for hydroxylation is 1. The zero-order valence-electron chi connectivity index (χ0n) is 22.8. The fourth-order valence-electron chi connectivity index (χ4n) is 5.78. The Morgan fingerprint density at radius 3 is 2.40 bits per heavy atom. The number of amides is 2. The first-order valence-electron chi connectivity index (χ1n) is 13.0. The van der Waals surface area contributed by atoms with Crippen LogP contribution < -0.4 is 4.57 Å². The third-order valence-electron chi connectivity index (χ3n) is 7.79. The molecule has 5 heterocycles. The molecule has 1 fully saturated rings. The third-order valence-corrected chi connectivity index (χ3v) is 7.79. The number of H-pyrrole nitrogens is 1. The number of aromatic nitrogens is 5. The van der Waals surface area contributed by atoms with Gasteiger partial charge in [0.25, 0.3) is 5.91 Å². The minimum atomic E-state index is -4.43. The van der Waals surface area contributed by atoms with E-state index < -0.39 is 22.8 Å². The molecule has 6 rings (SSSR count). The van der Waals surface area contributed by atoms with Crippen molar-refractivity contribution in [3.8, 4) is 11.3 Å². The molecule has 12 heteroatoms. The quantitative estimate of drug-likeness (QED) is 0.382. The van der Waals surface area contributed by atoms with Crippen molar-refractivity contribution in [2.75, 3.05) is 19.6 Å². The van der Waals surface area contributed by atoms with Crippen molar-refractivity contribution in [2.45, 2.75) is 51.9 Å². The molecule has 0 radical (unpaired) electrons. The molecule has 2 amide bonds. The maximum atomic E-state index is 13.6. The highest BCUT2D eigenvalue weighted by molar-refractivity contribution is 5.95. The molecule has 1 aromatic carbocycles. The number of aromatic amines is 1. The van der Waals surface area contributed by atoms with Crippen molar-refractivity contribution in [3.05, 3.63) is 70.8 Å². The van der Waals surface area contributed by atoms with Crippen molar-refractivity contribution in [1.29, 1.82) is 0 Å². The van der Waals surface area contributed by atoms with E-state index >= 15 is 0 Å². The SMILES string of the molecule is Cc1cc(C(=O)N2CCN3C(=O)c4cn5nc(-c6ccc(C(F)(F)F)cc6)cc(C(C)(C)C)c5[n+]4C3(C)C2)n[nH]1. The molecule has 0 aliphatic carbocycles. The first-order chi connectivity index (χ1) is 18.7. The number of benzene rings is 1. The van der Waals surface area contributed by atoms with Crippen LogP contribution in [0.5, 0.6) is 0 Å². The zero-order valence-corrected chi connectivity index (χ0v) is 22.8. The number of imidazole rings is 1. The van der Waals surface area contributed by atoms with Gasteiger partial charge >= 0.3 is 17.7 Å². The van der Waals surface area contributed by atoms with Crippen LogP contribution in [0.4, 0.5) is 13.2 Å². The molecule has 1 atom stereocenters. The lowest BCUT2D eigenvalue weighted by atomic mass is 9.87. The topological polar surface area (TPSA) is 90.5 Å². The maximum absolute atomic E-state index is 13.6. The second kappa shape index (κ2) is 8.39. The first-order valence-corrected chi connectivity index (χ1v) is 13.0. The molecule has 1 N–H and O–H groups in total. The van der Waals surface area contributed by atoms with Gasteiger partial charge in [-0.25, -0.2) is 0 Å². The number of nitrogens with zero attached hydrogens (tertiary/aromatic N) is 6. The number of piperazine rings is 1. The van der Waals surface area contributed by atoms with Gasteiger partial charge in [0.1, 0.15) is 11.4 Å². The average molecular weight is 553 g/mol. The lowest BCUT2D eigenvalue weighted by molar-refractivity contribution is -0.749. The van der Waals surface area contributed by atoms with Crippen LogP contribution in [-0.2, 0) is 17.3 Å². The van der Waals surface area contributed by atoms with E-state index in [0.29, 0.717) is 41.4 Å². The molecule has 0 spiro atoms. The minimum absolute atomic E-state index is 0.161. The van der Waals surface area contributed by atoms with Crippen molar-refractivity contribution in [2.24, 2.45) is 0 Å². The Balaban J connectivity index is 1.48. The van der Waals surface area contributed by atoms with Crippen LogP contribution in [0.2, 0.25) is 0 Å². The molecule has 0 saturated carbocycles. The molecule has 2 aliphatic heterocycles. The lowest BCUT2D eigenvalue weighted by Crippen LogP contribution is -2.69. The van der Waals surface area contributed by atoms with Crippen molar-refractivity contribution >= 4 is 17.5 Å². The van der Waals surface area contributed by atoms with Gasteiger partial charge in [0.2, 0.25) is 11.4 Å². The summed E-state index contributed by atoms with van der Waals surface area (Å²) in [6, 6.07) is 8.47. The monoisotopic (exact) mass is 552 g/mol. The smallest absolute Gasteiger partial charge is 0.329 e. The molecular formula is C28H29F3N7O2+. The molecular weight excluding hydrogens is 523 g/mol. The van der Waals surface area contributed by atoms with Crippen LogP contribution >= 0.6 is 0 Å². The number of nitrogens with one attached hydrogen (secondary N) is 1. The number of carbonyl (C=O) groups excluding carboxylic acids is 2. The Labute approximate surface area is 228 Å². The average Bonchev–Trinajstić information content (AvgIpc) is 3.55. The van der Waals surface area contributed by atoms with Gasteiger partial charge in [0, 0.05) is 31.3 Å². The van der Waals surface area contributed by atoms with Crippen LogP contribution in [-0.4, -0.2) is 61.1 Å². The molecule has 3 aromatic heterocycles. The summed E-state index contributed by atoms with van der Waals surface area (Å²) in [5.74, 6) is -0.374. The summed E-state index contributed by atoms with van der Waals surface area (Å²) in [7, 11) is 0. The fourth-order valence-corrected chi connectivity index (χ4v) is 5.78. The predicted molar refractivity (Wildman–Crippen MR) is 138 cm³/mol. The normalized spacial score (nSPS) is 19.4. The largest absolute Gasteiger partial charge is 0.416 e. The summed E-state index contributed by atoms with van der Waals surface area (Å²) in [5.41, 5.74) is 2.11. The van der Waals surface area contributed by atoms with E-state index in [-0.39, 0.29) is 18.4 Å². The van der Waals surface area contributed by atoms with Crippen LogP contribution in [0.1, 0.15) is 65.5 Å². The highest BCUT2D eigenvalue weighted by Crippen LogP contribution is 2.36. The summed E-state index contributed by atoms with van der Waals surface area (Å²) < 4.78 is 43.0. The van der Waals surface area contributed by atoms with Gasteiger partial charge in [-0.15, -0.1) is 0 Å². The number of hydrogen-bond donors (Lipinski definition) is 1. The number of alkyl halides is 3. The van der Waals surface area contributed by atoms with Gasteiger partial charge < -0.3 is 4.90 Å². The molecule has 40 heavy (non-hydrogen) atoms. The highest BCUT2D eigenvalue weighted by atomic mass is 19.4. The van der Waals surface area contributed by atoms with Gasteiger partial charge in [-0.3, -0.25) is 19.6 Å². The molecule has 0 bridgehead atoms. The number of hydrogen-bond acceptors (Lipinski definition) is 4. The Bertz CT molecular complexity index is 1680. The van der Waals surface area contributed by atoms with E-state index in [1.807, 2.05) is 45.3 Å².